The number of hydrogen-bond acceptors (Lipinski definition) is 29. The van der Waals surface area contributed by atoms with Crippen LogP contribution < -0.4 is 5.73 Å². The number of ether oxygens (including phenoxy) is 10. The number of carbonyl (C=O) groups is 6. The van der Waals surface area contributed by atoms with Gasteiger partial charge in [0.25, 0.3) is 0 Å². The van der Waals surface area contributed by atoms with Crippen LogP contribution in [0.3, 0.4) is 0 Å². The lowest BCUT2D eigenvalue weighted by atomic mass is 10.1. The molecule has 0 spiro atoms. The Labute approximate surface area is 586 Å². The number of Topliss-reactive ketones (excluding diaryl/α,β-unsaturated/α-hetero) is 3. The molecule has 99 heavy (non-hydrogen) atoms. The molecule has 0 bridgehead atoms. The zero-order valence-electron chi connectivity index (χ0n) is 61.2. The third kappa shape index (κ3) is 31.0. The van der Waals surface area contributed by atoms with Crippen LogP contribution in [0, 0.1) is 0 Å². The van der Waals surface area contributed by atoms with Crippen LogP contribution in [0.5, 0.6) is 0 Å². The fraction of sp³-hybridized carbons (Fsp3) is 0.909. The second-order valence-corrected chi connectivity index (χ2v) is 35.3. The van der Waals surface area contributed by atoms with E-state index in [-0.39, 0.29) is 168 Å². The van der Waals surface area contributed by atoms with E-state index in [9.17, 15) is 47.0 Å². The fourth-order valence-corrected chi connectivity index (χ4v) is 17.4. The molecule has 7 aliphatic heterocycles. The van der Waals surface area contributed by atoms with Gasteiger partial charge >= 0.3 is 48.3 Å². The third-order valence-electron chi connectivity index (χ3n) is 17.8. The fourth-order valence-electron chi connectivity index (χ4n) is 12.7. The first-order valence-electron chi connectivity index (χ1n) is 35.5. The van der Waals surface area contributed by atoms with Crippen LogP contribution in [0.2, 0.25) is 0 Å². The average Bonchev–Trinajstić information content (AvgIpc) is 1.75. The predicted molar refractivity (Wildman–Crippen MR) is 363 cm³/mol. The highest BCUT2D eigenvalue weighted by Crippen LogP contribution is 2.53. The second-order valence-electron chi connectivity index (χ2n) is 27.2. The lowest BCUT2D eigenvalue weighted by molar-refractivity contribution is -0.154. The minimum absolute atomic E-state index is 0.000720. The highest BCUT2D eigenvalue weighted by molar-refractivity contribution is 7.53. The lowest BCUT2D eigenvalue weighted by Crippen LogP contribution is -2.33. The molecule has 0 aromatic heterocycles. The van der Waals surface area contributed by atoms with E-state index in [1.165, 1.54) is 26.7 Å². The maximum atomic E-state index is 13.3. The Hall–Kier alpha value is -2.30. The summed E-state index contributed by atoms with van der Waals surface area (Å²) in [5, 5.41) is 0. The minimum atomic E-state index is -3.61. The molecule has 7 fully saturated rings. The van der Waals surface area contributed by atoms with Gasteiger partial charge < -0.3 is 89.3 Å². The van der Waals surface area contributed by atoms with Crippen LogP contribution in [0.1, 0.15) is 199 Å². The molecule has 7 aliphatic rings. The summed E-state index contributed by atoms with van der Waals surface area (Å²) in [5.41, 5.74) is 5.75. The molecule has 7 rings (SSSR count). The van der Waals surface area contributed by atoms with Crippen molar-refractivity contribution < 1.29 is 131 Å². The molecule has 2 N–H and O–H groups in total. The van der Waals surface area contributed by atoms with Gasteiger partial charge in [0.05, 0.1) is 131 Å². The summed E-state index contributed by atoms with van der Waals surface area (Å²) in [6.45, 7) is 28.0. The molecule has 0 aromatic rings. The molecule has 25 atom stereocenters. The molecule has 7 heterocycles. The summed E-state index contributed by atoms with van der Waals surface area (Å²) in [6.07, 6.45) is 0.348. The predicted octanol–water partition coefficient (Wildman–Crippen LogP) is 10.9. The summed E-state index contributed by atoms with van der Waals surface area (Å²) in [7, 11) is -14.1. The maximum absolute atomic E-state index is 13.3. The summed E-state index contributed by atoms with van der Waals surface area (Å²) >= 11 is 0. The van der Waals surface area contributed by atoms with Gasteiger partial charge in [-0.15, -0.1) is 0 Å². The minimum Gasteiger partial charge on any atom is -0.459 e. The van der Waals surface area contributed by atoms with Crippen LogP contribution in [-0.4, -0.2) is 223 Å². The zero-order valence-corrected chi connectivity index (χ0v) is 64.8. The van der Waals surface area contributed by atoms with Crippen LogP contribution >= 0.6 is 30.4 Å². The number of esters is 3. The van der Waals surface area contributed by atoms with Crippen molar-refractivity contribution >= 4 is 65.6 Å². The van der Waals surface area contributed by atoms with Crippen LogP contribution in [-0.2, 0) is 131 Å². The molecule has 7 saturated heterocycles. The van der Waals surface area contributed by atoms with E-state index < -0.39 is 97.3 Å². The molecule has 0 saturated carbocycles. The number of rotatable bonds is 38. The van der Waals surface area contributed by atoms with Crippen molar-refractivity contribution in [2.75, 3.05) is 59.6 Å². The number of nitrogens with two attached hydrogens (primary N) is 1. The summed E-state index contributed by atoms with van der Waals surface area (Å²) in [5.74, 6) is -1.16. The zero-order chi connectivity index (χ0) is 73.6. The second kappa shape index (κ2) is 41.6. The molecule has 33 heteroatoms. The number of hydrogen-bond donors (Lipinski definition) is 1. The monoisotopic (exact) mass is 1500 g/mol. The molecule has 0 amide bonds. The van der Waals surface area contributed by atoms with Crippen molar-refractivity contribution in [3.05, 3.63) is 0 Å². The normalized spacial score (nSPS) is 35.1. The Kier molecular flexibility index (Phi) is 36.7. The highest BCUT2D eigenvalue weighted by atomic mass is 31.2. The molecule has 574 valence electrons. The van der Waals surface area contributed by atoms with Gasteiger partial charge in [-0.3, -0.25) is 47.0 Å². The van der Waals surface area contributed by atoms with Gasteiger partial charge in [-0.05, 0) is 61.3 Å². The van der Waals surface area contributed by atoms with Gasteiger partial charge in [0.2, 0.25) is 0 Å². The molecule has 11 unspecified atom stereocenters. The summed E-state index contributed by atoms with van der Waals surface area (Å²) in [6, 6.07) is 0. The topological polar surface area (TPSA) is 363 Å². The van der Waals surface area contributed by atoms with Crippen LogP contribution in [0.15, 0.2) is 0 Å². The Balaban J connectivity index is 0.000000290. The van der Waals surface area contributed by atoms with Gasteiger partial charge in [-0.1, -0.05) is 34.6 Å². The van der Waals surface area contributed by atoms with E-state index in [0.717, 1.165) is 19.3 Å². The first-order chi connectivity index (χ1) is 46.5. The van der Waals surface area contributed by atoms with Gasteiger partial charge in [-0.2, -0.15) is 0 Å². The molecular formula is C66H117NO28P4. The summed E-state index contributed by atoms with van der Waals surface area (Å²) < 4.78 is 156. The third-order valence-corrected chi connectivity index (χ3v) is 22.9. The van der Waals surface area contributed by atoms with Crippen molar-refractivity contribution in [1.82, 2.24) is 0 Å². The van der Waals surface area contributed by atoms with E-state index in [1.807, 2.05) is 62.3 Å². The smallest absolute Gasteiger partial charge is 0.328 e. The first-order valence-corrected chi connectivity index (χ1v) is 43.5. The van der Waals surface area contributed by atoms with Gasteiger partial charge in [0.15, 0.2) is 0 Å². The first kappa shape index (κ1) is 87.3. The Morgan fingerprint density at radius 3 is 0.778 bits per heavy atom. The van der Waals surface area contributed by atoms with Crippen LogP contribution in [0.25, 0.3) is 0 Å². The lowest BCUT2D eigenvalue weighted by Gasteiger charge is -2.26. The van der Waals surface area contributed by atoms with E-state index in [1.54, 1.807) is 20.8 Å². The molecule has 0 aliphatic carbocycles. The highest BCUT2D eigenvalue weighted by Gasteiger charge is 2.46. The van der Waals surface area contributed by atoms with Crippen molar-refractivity contribution in [2.24, 2.45) is 5.73 Å². The molecule has 0 radical (unpaired) electrons. The SMILES string of the molecule is CCC(=O)CCC(=O)OC1C[C@H](C)O[C@@H]1CC.CCC(=O)CCC(=O)OC1C[C@H](C)O[C@@H]1COP(C)(=O)OC1C[C@H](C)O[C@@H]1COP(C)(=O)OC1C[C@H](C)O[C@@H]1CC.CCC(=O)CCC(=O)OC1C[C@H](C)O[C@@H]1COP(C)(=O)OC1C[C@H](C)O[C@@H]1COP(C)(=O)OC1C[C@H](C)O[C@@H]1CN. The standard InChI is InChI=1S/C27H48O12P2.C26H47NO12P2.C13H22O4/c1-8-20(28)10-11-27(29)37-22-12-17(3)35-25(22)15-32-41(7,31)39-24-14-19(5)36-26(24)16-33-40(6,30)38-23-13-18(4)34-21(23)9-2;1-7-19(28)8-9-26(29)37-20-10-16(2)35-24(20)14-32-41(6,31)39-22-12-18(4)36-25(22)15-33-40(5,30)38-21-11-17(3)34-23(21)13-27;1-4-10(14)6-7-13(15)17-12-8-9(3)16-11(12)5-2/h17-19,21-26H,8-16H2,1-7H3;16-18,20-25H,7-15,27H2,1-6H3;9,11-12H,4-8H2,1-3H3/t17-,18-,19-,21+,22?,23?,24?,25+,26+,40?,41?;16-,17-,18-,20?,21?,22?,23+,24+,25+,40?,41?;9-,11+,12?/m000/s1. The molecule has 29 nitrogen and oxygen atoms in total. The van der Waals surface area contributed by atoms with E-state index in [4.69, 9.17) is 89.3 Å². The summed E-state index contributed by atoms with van der Waals surface area (Å²) in [4.78, 5) is 70.2. The number of carbonyl (C=O) groups excluding carboxylic acids is 6. The largest absolute Gasteiger partial charge is 0.459 e. The van der Waals surface area contributed by atoms with Gasteiger partial charge in [-0.25, -0.2) is 0 Å². The van der Waals surface area contributed by atoms with E-state index in [0.29, 0.717) is 57.8 Å². The van der Waals surface area contributed by atoms with Gasteiger partial charge in [0.1, 0.15) is 60.1 Å². The molecule has 0 aromatic carbocycles. The van der Waals surface area contributed by atoms with Crippen molar-refractivity contribution in [1.29, 1.82) is 0 Å². The maximum Gasteiger partial charge on any atom is 0.328 e. The van der Waals surface area contributed by atoms with Gasteiger partial charge in [0, 0.05) is 117 Å². The Bertz CT molecular complexity index is 2610. The van der Waals surface area contributed by atoms with Crippen molar-refractivity contribution in [3.8, 4) is 0 Å². The van der Waals surface area contributed by atoms with Crippen molar-refractivity contribution in [2.45, 2.75) is 327 Å². The Morgan fingerprint density at radius 2 is 0.525 bits per heavy atom. The molecular weight excluding hydrogens is 1380 g/mol. The van der Waals surface area contributed by atoms with Crippen LogP contribution in [0.4, 0.5) is 0 Å². The number of ketones is 3. The average molecular weight is 1500 g/mol. The van der Waals surface area contributed by atoms with E-state index in [2.05, 4.69) is 0 Å². The van der Waals surface area contributed by atoms with Crippen molar-refractivity contribution in [3.63, 3.8) is 0 Å². The Morgan fingerprint density at radius 1 is 0.323 bits per heavy atom. The quantitative estimate of drug-likeness (QED) is 0.0341. The van der Waals surface area contributed by atoms with E-state index >= 15 is 0 Å².